The molecule has 16 heavy (non-hydrogen) atoms. The van der Waals surface area contributed by atoms with Gasteiger partial charge in [-0.15, -0.1) is 0 Å². The maximum Gasteiger partial charge on any atom is 0.320 e. The van der Waals surface area contributed by atoms with Crippen LogP contribution in [0.2, 0.25) is 0 Å². The molecule has 0 amide bonds. The number of ether oxygens (including phenoxy) is 1. The Morgan fingerprint density at radius 3 is 2.94 bits per heavy atom. The minimum absolute atomic E-state index is 0.116. The van der Waals surface area contributed by atoms with Gasteiger partial charge in [0.15, 0.2) is 0 Å². The molecule has 0 aliphatic carbocycles. The molecule has 0 saturated carbocycles. The summed E-state index contributed by atoms with van der Waals surface area (Å²) in [5, 5.41) is 0. The highest BCUT2D eigenvalue weighted by molar-refractivity contribution is 5.71. The van der Waals surface area contributed by atoms with Crippen LogP contribution in [0.5, 0.6) is 0 Å². The average Bonchev–Trinajstić information content (AvgIpc) is 2.24. The number of nitrogens with zero attached hydrogens (tertiary/aromatic N) is 1. The summed E-state index contributed by atoms with van der Waals surface area (Å²) < 4.78 is 5.13. The fourth-order valence-corrected chi connectivity index (χ4v) is 1.87. The zero-order valence-corrected chi connectivity index (χ0v) is 10.4. The summed E-state index contributed by atoms with van der Waals surface area (Å²) in [6.45, 7) is 6.96. The molecule has 1 fully saturated rings. The third-order valence-corrected chi connectivity index (χ3v) is 3.21. The highest BCUT2D eigenvalue weighted by atomic mass is 16.5. The maximum absolute atomic E-state index is 11.5. The Kier molecular flexibility index (Phi) is 5.77. The molecule has 0 radical (unpaired) electrons. The van der Waals surface area contributed by atoms with E-state index < -0.39 is 0 Å². The number of likely N-dealkylation sites (tertiary alicyclic amines) is 1. The molecule has 4 nitrogen and oxygen atoms in total. The molecule has 0 aromatic carbocycles. The van der Waals surface area contributed by atoms with Crippen LogP contribution in [0.3, 0.4) is 0 Å². The number of hydrogen-bond acceptors (Lipinski definition) is 4. The number of nitrogens with two attached hydrogens (primary N) is 1. The van der Waals surface area contributed by atoms with Gasteiger partial charge in [-0.3, -0.25) is 9.69 Å². The van der Waals surface area contributed by atoms with E-state index in [0.29, 0.717) is 19.1 Å². The van der Waals surface area contributed by atoms with E-state index in [-0.39, 0.29) is 12.0 Å². The van der Waals surface area contributed by atoms with Crippen LogP contribution in [0.15, 0.2) is 0 Å². The van der Waals surface area contributed by atoms with Gasteiger partial charge < -0.3 is 10.5 Å². The van der Waals surface area contributed by atoms with Crippen LogP contribution in [-0.2, 0) is 9.53 Å². The van der Waals surface area contributed by atoms with Crippen molar-refractivity contribution < 1.29 is 9.53 Å². The molecule has 94 valence electrons. The van der Waals surface area contributed by atoms with Crippen LogP contribution in [0, 0.1) is 5.92 Å². The lowest BCUT2D eigenvalue weighted by atomic mass is 9.94. The highest BCUT2D eigenvalue weighted by Gasteiger charge is 2.24. The summed E-state index contributed by atoms with van der Waals surface area (Å²) in [5.41, 5.74) is 5.97. The normalized spacial score (nSPS) is 26.7. The van der Waals surface area contributed by atoms with Crippen LogP contribution in [0.1, 0.15) is 33.1 Å². The van der Waals surface area contributed by atoms with Gasteiger partial charge in [-0.25, -0.2) is 0 Å². The lowest BCUT2D eigenvalue weighted by Gasteiger charge is -2.34. The molecule has 0 spiro atoms. The molecule has 1 aliphatic heterocycles. The largest absolute Gasteiger partial charge is 0.465 e. The Morgan fingerprint density at radius 1 is 1.56 bits per heavy atom. The lowest BCUT2D eigenvalue weighted by molar-refractivity contribution is -0.145. The highest BCUT2D eigenvalue weighted by Crippen LogP contribution is 2.14. The zero-order valence-electron chi connectivity index (χ0n) is 10.4. The Morgan fingerprint density at radius 2 is 2.31 bits per heavy atom. The average molecular weight is 228 g/mol. The van der Waals surface area contributed by atoms with Crippen molar-refractivity contribution in [3.63, 3.8) is 0 Å². The lowest BCUT2D eigenvalue weighted by Crippen LogP contribution is -2.49. The van der Waals surface area contributed by atoms with Crippen LogP contribution in [0.25, 0.3) is 0 Å². The van der Waals surface area contributed by atoms with Crippen LogP contribution >= 0.6 is 0 Å². The van der Waals surface area contributed by atoms with Crippen molar-refractivity contribution in [3.8, 4) is 0 Å². The van der Waals surface area contributed by atoms with Crippen molar-refractivity contribution in [2.24, 2.45) is 11.7 Å². The van der Waals surface area contributed by atoms with E-state index in [1.807, 2.05) is 0 Å². The SMILES string of the molecule is CCCCOC(=O)CN1CCC(C)C(N)C1. The molecule has 4 heteroatoms. The summed E-state index contributed by atoms with van der Waals surface area (Å²) in [6.07, 6.45) is 3.07. The van der Waals surface area contributed by atoms with Gasteiger partial charge in [-0.1, -0.05) is 20.3 Å². The van der Waals surface area contributed by atoms with Gasteiger partial charge in [-0.2, -0.15) is 0 Å². The first-order valence-electron chi connectivity index (χ1n) is 6.27. The van der Waals surface area contributed by atoms with Gasteiger partial charge in [0.1, 0.15) is 0 Å². The molecule has 1 rings (SSSR count). The monoisotopic (exact) mass is 228 g/mol. The second kappa shape index (κ2) is 6.86. The standard InChI is InChI=1S/C12H24N2O2/c1-3-4-7-16-12(15)9-14-6-5-10(2)11(13)8-14/h10-11H,3-9,13H2,1-2H3. The summed E-state index contributed by atoms with van der Waals surface area (Å²) >= 11 is 0. The van der Waals surface area contributed by atoms with Crippen molar-refractivity contribution in [2.45, 2.75) is 39.2 Å². The van der Waals surface area contributed by atoms with Gasteiger partial charge >= 0.3 is 5.97 Å². The molecule has 0 aromatic heterocycles. The zero-order chi connectivity index (χ0) is 12.0. The number of piperidine rings is 1. The number of rotatable bonds is 5. The number of carbonyl (C=O) groups excluding carboxylic acids is 1. The second-order valence-corrected chi connectivity index (χ2v) is 4.74. The Balaban J connectivity index is 2.19. The maximum atomic E-state index is 11.5. The second-order valence-electron chi connectivity index (χ2n) is 4.74. The predicted octanol–water partition coefficient (Wildman–Crippen LogP) is 0.999. The molecular formula is C12H24N2O2. The first-order chi connectivity index (χ1) is 7.63. The number of unbranched alkanes of at least 4 members (excludes halogenated alkanes) is 1. The molecule has 1 saturated heterocycles. The van der Waals surface area contributed by atoms with Crippen molar-refractivity contribution in [3.05, 3.63) is 0 Å². The van der Waals surface area contributed by atoms with E-state index in [1.165, 1.54) is 0 Å². The Labute approximate surface area is 98.1 Å². The minimum atomic E-state index is -0.116. The summed E-state index contributed by atoms with van der Waals surface area (Å²) in [5.74, 6) is 0.447. The first-order valence-corrected chi connectivity index (χ1v) is 6.27. The summed E-state index contributed by atoms with van der Waals surface area (Å²) in [6, 6.07) is 0.192. The molecular weight excluding hydrogens is 204 g/mol. The predicted molar refractivity (Wildman–Crippen MR) is 64.1 cm³/mol. The van der Waals surface area contributed by atoms with Crippen LogP contribution in [0.4, 0.5) is 0 Å². The summed E-state index contributed by atoms with van der Waals surface area (Å²) in [7, 11) is 0. The van der Waals surface area contributed by atoms with Crippen LogP contribution in [-0.4, -0.2) is 43.2 Å². The van der Waals surface area contributed by atoms with E-state index in [2.05, 4.69) is 18.7 Å². The minimum Gasteiger partial charge on any atom is -0.465 e. The van der Waals surface area contributed by atoms with Gasteiger partial charge in [0, 0.05) is 12.6 Å². The van der Waals surface area contributed by atoms with E-state index in [0.717, 1.165) is 32.4 Å². The molecule has 0 aromatic rings. The molecule has 2 unspecified atom stereocenters. The van der Waals surface area contributed by atoms with E-state index in [1.54, 1.807) is 0 Å². The topological polar surface area (TPSA) is 55.6 Å². The smallest absolute Gasteiger partial charge is 0.320 e. The Bertz CT molecular complexity index is 221. The van der Waals surface area contributed by atoms with Crippen LogP contribution < -0.4 is 5.73 Å². The third kappa shape index (κ3) is 4.49. The summed E-state index contributed by atoms with van der Waals surface area (Å²) in [4.78, 5) is 13.6. The first kappa shape index (κ1) is 13.5. The van der Waals surface area contributed by atoms with Gasteiger partial charge in [0.25, 0.3) is 0 Å². The van der Waals surface area contributed by atoms with Gasteiger partial charge in [-0.05, 0) is 25.3 Å². The van der Waals surface area contributed by atoms with E-state index in [9.17, 15) is 4.79 Å². The van der Waals surface area contributed by atoms with E-state index in [4.69, 9.17) is 10.5 Å². The fraction of sp³-hybridized carbons (Fsp3) is 0.917. The van der Waals surface area contributed by atoms with E-state index >= 15 is 0 Å². The molecule has 2 N–H and O–H groups in total. The quantitative estimate of drug-likeness (QED) is 0.563. The molecule has 1 heterocycles. The van der Waals surface area contributed by atoms with Crippen molar-refractivity contribution in [1.82, 2.24) is 4.90 Å². The third-order valence-electron chi connectivity index (χ3n) is 3.21. The molecule has 0 bridgehead atoms. The van der Waals surface area contributed by atoms with Gasteiger partial charge in [0.2, 0.25) is 0 Å². The number of hydrogen-bond donors (Lipinski definition) is 1. The molecule has 2 atom stereocenters. The van der Waals surface area contributed by atoms with Crippen molar-refractivity contribution in [2.75, 3.05) is 26.2 Å². The number of esters is 1. The fourth-order valence-electron chi connectivity index (χ4n) is 1.87. The molecule has 1 aliphatic rings. The van der Waals surface area contributed by atoms with Gasteiger partial charge in [0.05, 0.1) is 13.2 Å². The van der Waals surface area contributed by atoms with Crippen molar-refractivity contribution in [1.29, 1.82) is 0 Å². The Hall–Kier alpha value is -0.610. The number of carbonyl (C=O) groups is 1. The van der Waals surface area contributed by atoms with Crippen molar-refractivity contribution >= 4 is 5.97 Å².